The van der Waals surface area contributed by atoms with E-state index < -0.39 is 6.04 Å². The van der Waals surface area contributed by atoms with Crippen LogP contribution in [0.3, 0.4) is 0 Å². The van der Waals surface area contributed by atoms with E-state index in [0.29, 0.717) is 18.8 Å². The number of carbonyl (C=O) groups is 2. The zero-order chi connectivity index (χ0) is 14.4. The predicted octanol–water partition coefficient (Wildman–Crippen LogP) is 1.22. The monoisotopic (exact) mass is 267 g/mol. The smallest absolute Gasteiger partial charge is 0.328 e. The SMILES string of the molecule is CCCN(C(=O)c1ccn(C)n1)C(C)C(=O)OCC. The second kappa shape index (κ2) is 6.92. The summed E-state index contributed by atoms with van der Waals surface area (Å²) in [5, 5.41) is 4.07. The van der Waals surface area contributed by atoms with Crippen molar-refractivity contribution < 1.29 is 14.3 Å². The Balaban J connectivity index is 2.87. The molecule has 0 aliphatic heterocycles. The lowest BCUT2D eigenvalue weighted by molar-refractivity contribution is -0.147. The lowest BCUT2D eigenvalue weighted by Gasteiger charge is -2.26. The van der Waals surface area contributed by atoms with Gasteiger partial charge in [-0.3, -0.25) is 9.48 Å². The van der Waals surface area contributed by atoms with E-state index in [1.165, 1.54) is 4.90 Å². The van der Waals surface area contributed by atoms with Gasteiger partial charge in [0, 0.05) is 19.8 Å². The first-order valence-corrected chi connectivity index (χ1v) is 6.48. The van der Waals surface area contributed by atoms with Crippen LogP contribution in [0, 0.1) is 0 Å². The Labute approximate surface area is 113 Å². The van der Waals surface area contributed by atoms with Gasteiger partial charge >= 0.3 is 5.97 Å². The standard InChI is InChI=1S/C13H21N3O3/c1-5-8-16(10(3)13(18)19-6-2)12(17)11-7-9-15(4)14-11/h7,9-10H,5-6,8H2,1-4H3. The number of amides is 1. The second-order valence-corrected chi connectivity index (χ2v) is 4.30. The molecule has 0 N–H and O–H groups in total. The number of aromatic nitrogens is 2. The molecular weight excluding hydrogens is 246 g/mol. The summed E-state index contributed by atoms with van der Waals surface area (Å²) in [6.45, 7) is 6.18. The molecule has 0 aromatic carbocycles. The van der Waals surface area contributed by atoms with Gasteiger partial charge in [0.05, 0.1) is 6.61 Å². The summed E-state index contributed by atoms with van der Waals surface area (Å²) < 4.78 is 6.53. The van der Waals surface area contributed by atoms with E-state index in [9.17, 15) is 9.59 Å². The molecule has 0 aliphatic carbocycles. The molecule has 106 valence electrons. The molecule has 1 atom stereocenters. The highest BCUT2D eigenvalue weighted by Crippen LogP contribution is 2.09. The quantitative estimate of drug-likeness (QED) is 0.727. The van der Waals surface area contributed by atoms with E-state index in [2.05, 4.69) is 5.10 Å². The summed E-state index contributed by atoms with van der Waals surface area (Å²) in [5.74, 6) is -0.636. The van der Waals surface area contributed by atoms with Gasteiger partial charge in [0.1, 0.15) is 11.7 Å². The van der Waals surface area contributed by atoms with Crippen molar-refractivity contribution in [1.82, 2.24) is 14.7 Å². The van der Waals surface area contributed by atoms with Crippen LogP contribution in [0.1, 0.15) is 37.7 Å². The van der Waals surface area contributed by atoms with E-state index in [-0.39, 0.29) is 11.9 Å². The normalized spacial score (nSPS) is 12.0. The van der Waals surface area contributed by atoms with Crippen LogP contribution in [0.2, 0.25) is 0 Å². The number of rotatable bonds is 6. The van der Waals surface area contributed by atoms with Gasteiger partial charge in [-0.1, -0.05) is 6.92 Å². The maximum Gasteiger partial charge on any atom is 0.328 e. The first-order valence-electron chi connectivity index (χ1n) is 6.48. The Morgan fingerprint density at radius 3 is 2.63 bits per heavy atom. The number of ether oxygens (including phenoxy) is 1. The van der Waals surface area contributed by atoms with Crippen LogP contribution in [0.4, 0.5) is 0 Å². The predicted molar refractivity (Wildman–Crippen MR) is 70.6 cm³/mol. The van der Waals surface area contributed by atoms with E-state index in [1.807, 2.05) is 6.92 Å². The first-order chi connectivity index (χ1) is 9.01. The van der Waals surface area contributed by atoms with Gasteiger partial charge in [0.25, 0.3) is 5.91 Å². The highest BCUT2D eigenvalue weighted by molar-refractivity contribution is 5.95. The highest BCUT2D eigenvalue weighted by atomic mass is 16.5. The number of nitrogens with zero attached hydrogens (tertiary/aromatic N) is 3. The minimum absolute atomic E-state index is 0.247. The zero-order valence-electron chi connectivity index (χ0n) is 11.9. The van der Waals surface area contributed by atoms with Crippen LogP contribution in [-0.2, 0) is 16.6 Å². The van der Waals surface area contributed by atoms with Crippen molar-refractivity contribution in [2.75, 3.05) is 13.2 Å². The van der Waals surface area contributed by atoms with Crippen molar-refractivity contribution in [1.29, 1.82) is 0 Å². The molecule has 1 amide bonds. The van der Waals surface area contributed by atoms with E-state index in [0.717, 1.165) is 6.42 Å². The Morgan fingerprint density at radius 1 is 1.47 bits per heavy atom. The van der Waals surface area contributed by atoms with Gasteiger partial charge in [-0.25, -0.2) is 4.79 Å². The van der Waals surface area contributed by atoms with Crippen molar-refractivity contribution in [3.63, 3.8) is 0 Å². The molecule has 1 rings (SSSR count). The van der Waals surface area contributed by atoms with Crippen molar-refractivity contribution in [2.45, 2.75) is 33.2 Å². The van der Waals surface area contributed by atoms with Crippen LogP contribution >= 0.6 is 0 Å². The molecule has 0 aliphatic rings. The summed E-state index contributed by atoms with van der Waals surface area (Å²) in [5.41, 5.74) is 0.340. The van der Waals surface area contributed by atoms with Crippen LogP contribution in [-0.4, -0.2) is 45.8 Å². The van der Waals surface area contributed by atoms with Gasteiger partial charge in [-0.05, 0) is 26.3 Å². The molecule has 6 nitrogen and oxygen atoms in total. The van der Waals surface area contributed by atoms with Crippen molar-refractivity contribution >= 4 is 11.9 Å². The first kappa shape index (κ1) is 15.2. The van der Waals surface area contributed by atoms with Crippen LogP contribution in [0.15, 0.2) is 12.3 Å². The van der Waals surface area contributed by atoms with Gasteiger partial charge in [0.15, 0.2) is 0 Å². The molecule has 0 saturated carbocycles. The van der Waals surface area contributed by atoms with Gasteiger partial charge in [0.2, 0.25) is 0 Å². The van der Waals surface area contributed by atoms with Crippen molar-refractivity contribution in [3.8, 4) is 0 Å². The number of carbonyl (C=O) groups excluding carboxylic acids is 2. The van der Waals surface area contributed by atoms with Gasteiger partial charge in [-0.2, -0.15) is 5.10 Å². The summed E-state index contributed by atoms with van der Waals surface area (Å²) in [7, 11) is 1.75. The lowest BCUT2D eigenvalue weighted by Crippen LogP contribution is -2.44. The maximum absolute atomic E-state index is 12.3. The molecule has 0 radical (unpaired) electrons. The van der Waals surface area contributed by atoms with Crippen molar-refractivity contribution in [3.05, 3.63) is 18.0 Å². The van der Waals surface area contributed by atoms with Gasteiger partial charge < -0.3 is 9.64 Å². The Morgan fingerprint density at radius 2 is 2.16 bits per heavy atom. The Bertz CT molecular complexity index is 442. The number of hydrogen-bond donors (Lipinski definition) is 0. The van der Waals surface area contributed by atoms with E-state index in [1.54, 1.807) is 37.8 Å². The summed E-state index contributed by atoms with van der Waals surface area (Å²) in [4.78, 5) is 25.6. The minimum Gasteiger partial charge on any atom is -0.464 e. The molecule has 0 fully saturated rings. The van der Waals surface area contributed by atoms with E-state index in [4.69, 9.17) is 4.74 Å². The summed E-state index contributed by atoms with van der Waals surface area (Å²) >= 11 is 0. The molecule has 0 saturated heterocycles. The Hall–Kier alpha value is -1.85. The molecule has 1 aromatic heterocycles. The number of hydrogen-bond acceptors (Lipinski definition) is 4. The average molecular weight is 267 g/mol. The molecule has 1 aromatic rings. The second-order valence-electron chi connectivity index (χ2n) is 4.30. The molecule has 6 heteroatoms. The van der Waals surface area contributed by atoms with E-state index >= 15 is 0 Å². The lowest BCUT2D eigenvalue weighted by atomic mass is 10.2. The molecule has 1 heterocycles. The fourth-order valence-corrected chi connectivity index (χ4v) is 1.78. The minimum atomic E-state index is -0.602. The fraction of sp³-hybridized carbons (Fsp3) is 0.615. The van der Waals surface area contributed by atoms with Gasteiger partial charge in [-0.15, -0.1) is 0 Å². The molecule has 19 heavy (non-hydrogen) atoms. The van der Waals surface area contributed by atoms with Crippen molar-refractivity contribution in [2.24, 2.45) is 7.05 Å². The zero-order valence-corrected chi connectivity index (χ0v) is 11.9. The molecule has 0 bridgehead atoms. The third-order valence-corrected chi connectivity index (χ3v) is 2.75. The fourth-order valence-electron chi connectivity index (χ4n) is 1.78. The largest absolute Gasteiger partial charge is 0.464 e. The third kappa shape index (κ3) is 3.81. The van der Waals surface area contributed by atoms with Crippen LogP contribution < -0.4 is 0 Å². The van der Waals surface area contributed by atoms with Crippen LogP contribution in [0.5, 0.6) is 0 Å². The highest BCUT2D eigenvalue weighted by Gasteiger charge is 2.28. The number of aryl methyl sites for hydroxylation is 1. The number of esters is 1. The molecule has 0 spiro atoms. The molecular formula is C13H21N3O3. The topological polar surface area (TPSA) is 64.4 Å². The van der Waals surface area contributed by atoms with Crippen LogP contribution in [0.25, 0.3) is 0 Å². The maximum atomic E-state index is 12.3. The Kier molecular flexibility index (Phi) is 5.54. The molecule has 1 unspecified atom stereocenters. The summed E-state index contributed by atoms with van der Waals surface area (Å²) in [6.07, 6.45) is 2.47. The average Bonchev–Trinajstić information content (AvgIpc) is 2.81. The third-order valence-electron chi connectivity index (χ3n) is 2.75. The summed E-state index contributed by atoms with van der Waals surface area (Å²) in [6, 6.07) is 1.04.